The number of hydrogen-bond acceptors (Lipinski definition) is 5. The first-order chi connectivity index (χ1) is 11.4. The topological polar surface area (TPSA) is 88.3 Å². The largest absolute Gasteiger partial charge is 0.462 e. The Kier molecular flexibility index (Phi) is 5.56. The molecule has 1 heterocycles. The van der Waals surface area contributed by atoms with Crippen molar-refractivity contribution < 1.29 is 18.7 Å². The number of fused-ring (bicyclic) bond motifs is 1. The van der Waals surface area contributed by atoms with Gasteiger partial charge in [-0.1, -0.05) is 18.5 Å². The van der Waals surface area contributed by atoms with E-state index in [2.05, 4.69) is 10.3 Å². The molecule has 8 heteroatoms. The van der Waals surface area contributed by atoms with Gasteiger partial charge in [0.25, 0.3) is 0 Å². The Morgan fingerprint density at radius 2 is 2.21 bits per heavy atom. The predicted molar refractivity (Wildman–Crippen MR) is 89.3 cm³/mol. The molecule has 0 bridgehead atoms. The Balaban J connectivity index is 2.75. The molecule has 2 aromatic rings. The summed E-state index contributed by atoms with van der Waals surface area (Å²) in [5.41, 5.74) is -0.944. The molecule has 24 heavy (non-hydrogen) atoms. The molecule has 0 aliphatic rings. The number of rotatable bonds is 6. The van der Waals surface area contributed by atoms with Crippen molar-refractivity contribution in [2.45, 2.75) is 26.3 Å². The van der Waals surface area contributed by atoms with E-state index in [0.29, 0.717) is 12.7 Å². The quantitative estimate of drug-likeness (QED) is 0.615. The van der Waals surface area contributed by atoms with Crippen molar-refractivity contribution in [1.29, 1.82) is 0 Å². The number of halogens is 2. The van der Waals surface area contributed by atoms with Gasteiger partial charge in [-0.15, -0.1) is 0 Å². The molecule has 0 fully saturated rings. The summed E-state index contributed by atoms with van der Waals surface area (Å²) in [6, 6.07) is 0.544. The van der Waals surface area contributed by atoms with Gasteiger partial charge in [0, 0.05) is 6.20 Å². The standard InChI is InChI=1S/C16H16ClFN2O4/c1-3-8(7-21)20-14-12-11(5-10(17)13(14)18)19-6-9(15(12)22)16(23)24-4-2/h5-8,20H,3-4H2,1-2H3,(H,19,22). The van der Waals surface area contributed by atoms with E-state index in [1.54, 1.807) is 13.8 Å². The van der Waals surface area contributed by atoms with Gasteiger partial charge in [-0.05, 0) is 19.4 Å². The number of anilines is 1. The van der Waals surface area contributed by atoms with Crippen LogP contribution in [0.1, 0.15) is 30.6 Å². The van der Waals surface area contributed by atoms with Crippen LogP contribution in [0.15, 0.2) is 17.1 Å². The summed E-state index contributed by atoms with van der Waals surface area (Å²) in [6.45, 7) is 3.43. The van der Waals surface area contributed by atoms with Crippen LogP contribution in [-0.2, 0) is 9.53 Å². The summed E-state index contributed by atoms with van der Waals surface area (Å²) in [6.07, 6.45) is 2.18. The Morgan fingerprint density at radius 1 is 1.50 bits per heavy atom. The molecule has 0 saturated heterocycles. The molecular formula is C16H16ClFN2O4. The third-order valence-corrected chi connectivity index (χ3v) is 3.77. The summed E-state index contributed by atoms with van der Waals surface area (Å²) >= 11 is 5.85. The number of pyridine rings is 1. The Bertz CT molecular complexity index is 850. The number of H-pyrrole nitrogens is 1. The van der Waals surface area contributed by atoms with Gasteiger partial charge in [-0.25, -0.2) is 9.18 Å². The van der Waals surface area contributed by atoms with Crippen LogP contribution in [0.5, 0.6) is 0 Å². The van der Waals surface area contributed by atoms with Gasteiger partial charge in [0.05, 0.1) is 34.3 Å². The Morgan fingerprint density at radius 3 is 2.79 bits per heavy atom. The van der Waals surface area contributed by atoms with Crippen molar-refractivity contribution >= 4 is 40.4 Å². The SMILES string of the molecule is CCOC(=O)c1c[nH]c2cc(Cl)c(F)c(NC(C=O)CC)c2c1=O. The molecule has 128 valence electrons. The zero-order chi connectivity index (χ0) is 17.9. The zero-order valence-corrected chi connectivity index (χ0v) is 13.9. The monoisotopic (exact) mass is 354 g/mol. The van der Waals surface area contributed by atoms with E-state index in [9.17, 15) is 18.8 Å². The van der Waals surface area contributed by atoms with Crippen LogP contribution in [0.2, 0.25) is 5.02 Å². The summed E-state index contributed by atoms with van der Waals surface area (Å²) < 4.78 is 19.3. The third kappa shape index (κ3) is 3.26. The van der Waals surface area contributed by atoms with Crippen LogP contribution in [0.4, 0.5) is 10.1 Å². The molecule has 2 N–H and O–H groups in total. The van der Waals surface area contributed by atoms with Crippen LogP contribution in [0, 0.1) is 5.82 Å². The van der Waals surface area contributed by atoms with Gasteiger partial charge >= 0.3 is 5.97 Å². The average Bonchev–Trinajstić information content (AvgIpc) is 2.56. The minimum absolute atomic E-state index is 0.0947. The molecule has 2 rings (SSSR count). The van der Waals surface area contributed by atoms with E-state index in [0.717, 1.165) is 0 Å². The highest BCUT2D eigenvalue weighted by atomic mass is 35.5. The minimum Gasteiger partial charge on any atom is -0.462 e. The van der Waals surface area contributed by atoms with Crippen molar-refractivity contribution in [2.24, 2.45) is 0 Å². The summed E-state index contributed by atoms with van der Waals surface area (Å²) in [5, 5.41) is 2.36. The van der Waals surface area contributed by atoms with Crippen molar-refractivity contribution in [3.05, 3.63) is 38.9 Å². The number of aromatic amines is 1. The van der Waals surface area contributed by atoms with Crippen LogP contribution in [0.25, 0.3) is 10.9 Å². The van der Waals surface area contributed by atoms with Crippen LogP contribution < -0.4 is 10.7 Å². The number of nitrogens with one attached hydrogen (secondary N) is 2. The normalized spacial score (nSPS) is 12.0. The van der Waals surface area contributed by atoms with Crippen LogP contribution in [-0.4, -0.2) is 29.9 Å². The molecule has 0 radical (unpaired) electrons. The number of ether oxygens (including phenoxy) is 1. The number of carbonyl (C=O) groups excluding carboxylic acids is 2. The summed E-state index contributed by atoms with van der Waals surface area (Å²) in [5.74, 6) is -1.68. The number of aldehydes is 1. The summed E-state index contributed by atoms with van der Waals surface area (Å²) in [7, 11) is 0. The first kappa shape index (κ1) is 17.9. The molecule has 6 nitrogen and oxygen atoms in total. The Labute approximate surface area is 142 Å². The molecule has 1 atom stereocenters. The van der Waals surface area contributed by atoms with Gasteiger partial charge in [0.15, 0.2) is 5.82 Å². The average molecular weight is 355 g/mol. The molecule has 0 aliphatic carbocycles. The third-order valence-electron chi connectivity index (χ3n) is 3.49. The van der Waals surface area contributed by atoms with Crippen molar-refractivity contribution in [3.63, 3.8) is 0 Å². The zero-order valence-electron chi connectivity index (χ0n) is 13.1. The van der Waals surface area contributed by atoms with Gasteiger partial charge < -0.3 is 19.8 Å². The fraction of sp³-hybridized carbons (Fsp3) is 0.312. The van der Waals surface area contributed by atoms with Crippen molar-refractivity contribution in [3.8, 4) is 0 Å². The number of benzene rings is 1. The first-order valence-electron chi connectivity index (χ1n) is 7.36. The highest BCUT2D eigenvalue weighted by Crippen LogP contribution is 2.30. The fourth-order valence-corrected chi connectivity index (χ4v) is 2.44. The van der Waals surface area contributed by atoms with E-state index >= 15 is 0 Å². The lowest BCUT2D eigenvalue weighted by molar-refractivity contribution is -0.108. The van der Waals surface area contributed by atoms with E-state index in [-0.39, 0.29) is 33.8 Å². The van der Waals surface area contributed by atoms with E-state index < -0.39 is 23.3 Å². The molecule has 0 amide bonds. The second-order valence-corrected chi connectivity index (χ2v) is 5.42. The van der Waals surface area contributed by atoms with Gasteiger partial charge in [-0.3, -0.25) is 4.79 Å². The lowest BCUT2D eigenvalue weighted by Crippen LogP contribution is -2.24. The highest BCUT2D eigenvalue weighted by molar-refractivity contribution is 6.32. The van der Waals surface area contributed by atoms with Crippen LogP contribution in [0.3, 0.4) is 0 Å². The first-order valence-corrected chi connectivity index (χ1v) is 7.74. The summed E-state index contributed by atoms with van der Waals surface area (Å²) in [4.78, 5) is 38.3. The molecule has 1 unspecified atom stereocenters. The van der Waals surface area contributed by atoms with E-state index in [4.69, 9.17) is 16.3 Å². The smallest absolute Gasteiger partial charge is 0.343 e. The predicted octanol–water partition coefficient (Wildman–Crippen LogP) is 2.89. The van der Waals surface area contributed by atoms with Crippen molar-refractivity contribution in [1.82, 2.24) is 4.98 Å². The molecule has 0 aliphatic heterocycles. The second kappa shape index (κ2) is 7.44. The molecular weight excluding hydrogens is 339 g/mol. The van der Waals surface area contributed by atoms with Crippen molar-refractivity contribution in [2.75, 3.05) is 11.9 Å². The minimum atomic E-state index is -0.865. The molecule has 0 spiro atoms. The van der Waals surface area contributed by atoms with E-state index in [1.165, 1.54) is 12.3 Å². The van der Waals surface area contributed by atoms with Gasteiger partial charge in [0.1, 0.15) is 11.8 Å². The fourth-order valence-electron chi connectivity index (χ4n) is 2.24. The maximum absolute atomic E-state index is 14.4. The Hall–Kier alpha value is -2.41. The maximum Gasteiger partial charge on any atom is 0.343 e. The van der Waals surface area contributed by atoms with E-state index in [1.807, 2.05) is 0 Å². The lowest BCUT2D eigenvalue weighted by Gasteiger charge is -2.16. The molecule has 0 saturated carbocycles. The van der Waals surface area contributed by atoms with Crippen LogP contribution >= 0.6 is 11.6 Å². The number of esters is 1. The molecule has 1 aromatic heterocycles. The number of hydrogen-bond donors (Lipinski definition) is 2. The van der Waals surface area contributed by atoms with Gasteiger partial charge in [-0.2, -0.15) is 0 Å². The second-order valence-electron chi connectivity index (χ2n) is 5.02. The molecule has 1 aromatic carbocycles. The highest BCUT2D eigenvalue weighted by Gasteiger charge is 2.21. The lowest BCUT2D eigenvalue weighted by atomic mass is 10.1. The number of carbonyl (C=O) groups is 2. The van der Waals surface area contributed by atoms with Gasteiger partial charge in [0.2, 0.25) is 5.43 Å². The maximum atomic E-state index is 14.4. The number of aromatic nitrogens is 1.